The second-order valence-electron chi connectivity index (χ2n) is 8.08. The van der Waals surface area contributed by atoms with Gasteiger partial charge < -0.3 is 21.1 Å². The molecule has 2 aliphatic rings. The minimum absolute atomic E-state index is 0.0359. The van der Waals surface area contributed by atoms with Crippen molar-refractivity contribution in [2.75, 3.05) is 17.2 Å². The number of aliphatic hydroxyl groups excluding tert-OH is 1. The number of aryl methyl sites for hydroxylation is 1. The Bertz CT molecular complexity index is 899. The average molecular weight is 393 g/mol. The Balaban J connectivity index is 1.40. The first-order chi connectivity index (χ1) is 14.1. The summed E-state index contributed by atoms with van der Waals surface area (Å²) in [6, 6.07) is 14.2. The molecular weight excluding hydrogens is 366 g/mol. The first kappa shape index (κ1) is 19.5. The molecule has 0 aliphatic heterocycles. The standard InChI is InChI=1S/C23H27N3O3/c1-14-10-11-16(24-22(28)15-6-3-2-4-7-15)12-20(14)25-23(29)26-21-18-9-5-8-17(18)19(21)13-27/h2-4,6-7,10-12,17-19,21,27H,5,8-9,13H2,1H3,(H,24,28)(H2,25,26,29)/t17-,18+,19-,21-/m0/s1. The van der Waals surface area contributed by atoms with Crippen LogP contribution in [0.1, 0.15) is 35.2 Å². The lowest BCUT2D eigenvalue weighted by Gasteiger charge is -2.48. The van der Waals surface area contributed by atoms with Gasteiger partial charge in [0.2, 0.25) is 0 Å². The van der Waals surface area contributed by atoms with E-state index < -0.39 is 0 Å². The van der Waals surface area contributed by atoms with Crippen LogP contribution in [0.3, 0.4) is 0 Å². The molecule has 152 valence electrons. The summed E-state index contributed by atoms with van der Waals surface area (Å²) in [5, 5.41) is 18.5. The van der Waals surface area contributed by atoms with Gasteiger partial charge in [-0.1, -0.05) is 30.7 Å². The molecule has 2 saturated carbocycles. The summed E-state index contributed by atoms with van der Waals surface area (Å²) < 4.78 is 0. The van der Waals surface area contributed by atoms with Gasteiger partial charge in [0.25, 0.3) is 5.91 Å². The normalized spacial score (nSPS) is 24.9. The van der Waals surface area contributed by atoms with Crippen LogP contribution in [-0.4, -0.2) is 29.7 Å². The Labute approximate surface area is 170 Å². The predicted octanol–water partition coefficient (Wildman–Crippen LogP) is 3.78. The summed E-state index contributed by atoms with van der Waals surface area (Å²) in [4.78, 5) is 24.9. The Kier molecular flexibility index (Phi) is 5.53. The number of anilines is 2. The second kappa shape index (κ2) is 8.25. The number of fused-ring (bicyclic) bond motifs is 1. The highest BCUT2D eigenvalue weighted by Crippen LogP contribution is 2.51. The number of hydrogen-bond donors (Lipinski definition) is 4. The van der Waals surface area contributed by atoms with E-state index in [9.17, 15) is 14.7 Å². The van der Waals surface area contributed by atoms with Crippen molar-refractivity contribution in [2.45, 2.75) is 32.2 Å². The predicted molar refractivity (Wildman–Crippen MR) is 113 cm³/mol. The molecule has 0 bridgehead atoms. The van der Waals surface area contributed by atoms with Gasteiger partial charge >= 0.3 is 6.03 Å². The third-order valence-electron chi connectivity index (χ3n) is 6.39. The summed E-state index contributed by atoms with van der Waals surface area (Å²) in [6.45, 7) is 2.03. The number of carbonyl (C=O) groups is 2. The smallest absolute Gasteiger partial charge is 0.319 e. The number of carbonyl (C=O) groups excluding carboxylic acids is 2. The zero-order valence-electron chi connectivity index (χ0n) is 16.5. The van der Waals surface area contributed by atoms with Crippen LogP contribution in [0.15, 0.2) is 48.5 Å². The van der Waals surface area contributed by atoms with Gasteiger partial charge in [-0.15, -0.1) is 0 Å². The van der Waals surface area contributed by atoms with Crippen molar-refractivity contribution in [3.05, 3.63) is 59.7 Å². The van der Waals surface area contributed by atoms with E-state index in [0.717, 1.165) is 18.4 Å². The minimum Gasteiger partial charge on any atom is -0.396 e. The number of amides is 3. The van der Waals surface area contributed by atoms with E-state index in [4.69, 9.17) is 0 Å². The Morgan fingerprint density at radius 3 is 2.55 bits per heavy atom. The molecule has 2 aromatic carbocycles. The van der Waals surface area contributed by atoms with E-state index in [-0.39, 0.29) is 30.5 Å². The van der Waals surface area contributed by atoms with Crippen molar-refractivity contribution in [3.63, 3.8) is 0 Å². The molecule has 0 saturated heterocycles. The molecule has 4 atom stereocenters. The van der Waals surface area contributed by atoms with Gasteiger partial charge in [0, 0.05) is 35.5 Å². The lowest BCUT2D eigenvalue weighted by molar-refractivity contribution is 0.00372. The summed E-state index contributed by atoms with van der Waals surface area (Å²) in [6.07, 6.45) is 3.44. The molecule has 0 radical (unpaired) electrons. The summed E-state index contributed by atoms with van der Waals surface area (Å²) in [5.74, 6) is 0.988. The van der Waals surface area contributed by atoms with Gasteiger partial charge in [0.15, 0.2) is 0 Å². The monoisotopic (exact) mass is 393 g/mol. The van der Waals surface area contributed by atoms with Crippen molar-refractivity contribution in [3.8, 4) is 0 Å². The molecule has 29 heavy (non-hydrogen) atoms. The number of hydrogen-bond acceptors (Lipinski definition) is 3. The van der Waals surface area contributed by atoms with Crippen molar-refractivity contribution >= 4 is 23.3 Å². The van der Waals surface area contributed by atoms with Crippen molar-refractivity contribution in [1.82, 2.24) is 5.32 Å². The Morgan fingerprint density at radius 2 is 1.79 bits per heavy atom. The topological polar surface area (TPSA) is 90.5 Å². The van der Waals surface area contributed by atoms with Gasteiger partial charge in [-0.25, -0.2) is 4.79 Å². The molecule has 0 unspecified atom stereocenters. The lowest BCUT2D eigenvalue weighted by Crippen LogP contribution is -2.59. The number of urea groups is 1. The van der Waals surface area contributed by atoms with Gasteiger partial charge in [-0.05, 0) is 61.4 Å². The van der Waals surface area contributed by atoms with Gasteiger partial charge in [-0.2, -0.15) is 0 Å². The maximum absolute atomic E-state index is 12.6. The summed E-state index contributed by atoms with van der Waals surface area (Å²) in [7, 11) is 0. The minimum atomic E-state index is -0.270. The highest BCUT2D eigenvalue weighted by atomic mass is 16.3. The molecule has 6 nitrogen and oxygen atoms in total. The molecule has 0 heterocycles. The molecule has 0 spiro atoms. The van der Waals surface area contributed by atoms with Crippen molar-refractivity contribution < 1.29 is 14.7 Å². The molecule has 6 heteroatoms. The van der Waals surface area contributed by atoms with E-state index in [1.165, 1.54) is 6.42 Å². The summed E-state index contributed by atoms with van der Waals surface area (Å²) in [5.41, 5.74) is 2.75. The van der Waals surface area contributed by atoms with Crippen LogP contribution in [0, 0.1) is 24.7 Å². The molecule has 2 aliphatic carbocycles. The van der Waals surface area contributed by atoms with Crippen molar-refractivity contribution in [2.24, 2.45) is 17.8 Å². The van der Waals surface area contributed by atoms with E-state index >= 15 is 0 Å². The molecule has 4 rings (SSSR count). The number of nitrogens with one attached hydrogen (secondary N) is 3. The van der Waals surface area contributed by atoms with Crippen molar-refractivity contribution in [1.29, 1.82) is 0 Å². The van der Waals surface area contributed by atoms with E-state index in [1.807, 2.05) is 37.3 Å². The average Bonchev–Trinajstić information content (AvgIpc) is 3.14. The fraction of sp³-hybridized carbons (Fsp3) is 0.391. The van der Waals surface area contributed by atoms with Gasteiger partial charge in [-0.3, -0.25) is 4.79 Å². The van der Waals surface area contributed by atoms with Crippen LogP contribution >= 0.6 is 0 Å². The van der Waals surface area contributed by atoms with E-state index in [0.29, 0.717) is 28.8 Å². The number of benzene rings is 2. The maximum Gasteiger partial charge on any atom is 0.319 e. The van der Waals surface area contributed by atoms with Crippen LogP contribution in [0.2, 0.25) is 0 Å². The lowest BCUT2D eigenvalue weighted by atomic mass is 9.62. The molecule has 4 N–H and O–H groups in total. The first-order valence-corrected chi connectivity index (χ1v) is 10.2. The summed E-state index contributed by atoms with van der Waals surface area (Å²) >= 11 is 0. The van der Waals surface area contributed by atoms with E-state index in [2.05, 4.69) is 16.0 Å². The van der Waals surface area contributed by atoms with Gasteiger partial charge in [0.1, 0.15) is 0 Å². The zero-order valence-corrected chi connectivity index (χ0v) is 16.5. The number of rotatable bonds is 5. The SMILES string of the molecule is Cc1ccc(NC(=O)c2ccccc2)cc1NC(=O)N[C@H]1[C@@H]2CCC[C@@H]2[C@@H]1CO. The van der Waals surface area contributed by atoms with Crippen LogP contribution in [0.5, 0.6) is 0 Å². The Morgan fingerprint density at radius 1 is 1.03 bits per heavy atom. The fourth-order valence-electron chi connectivity index (χ4n) is 4.83. The van der Waals surface area contributed by atoms with Crippen LogP contribution < -0.4 is 16.0 Å². The molecule has 2 aromatic rings. The second-order valence-corrected chi connectivity index (χ2v) is 8.08. The molecular formula is C23H27N3O3. The molecule has 2 fully saturated rings. The number of aliphatic hydroxyl groups is 1. The van der Waals surface area contributed by atoms with Crippen LogP contribution in [-0.2, 0) is 0 Å². The largest absolute Gasteiger partial charge is 0.396 e. The molecule has 3 amide bonds. The van der Waals surface area contributed by atoms with Crippen LogP contribution in [0.25, 0.3) is 0 Å². The highest BCUT2D eigenvalue weighted by molar-refractivity contribution is 6.04. The highest BCUT2D eigenvalue weighted by Gasteiger charge is 2.52. The van der Waals surface area contributed by atoms with Gasteiger partial charge in [0.05, 0.1) is 0 Å². The van der Waals surface area contributed by atoms with E-state index in [1.54, 1.807) is 18.2 Å². The first-order valence-electron chi connectivity index (χ1n) is 10.2. The quantitative estimate of drug-likeness (QED) is 0.623. The molecule has 0 aromatic heterocycles. The fourth-order valence-corrected chi connectivity index (χ4v) is 4.83. The maximum atomic E-state index is 12.6. The Hall–Kier alpha value is -2.86. The van der Waals surface area contributed by atoms with Crippen LogP contribution in [0.4, 0.5) is 16.2 Å². The third kappa shape index (κ3) is 3.98. The third-order valence-corrected chi connectivity index (χ3v) is 6.39. The zero-order chi connectivity index (χ0) is 20.4.